The number of halogens is 6. The average molecular weight is 339 g/mol. The number of aromatic amines is 1. The van der Waals surface area contributed by atoms with Crippen molar-refractivity contribution >= 4 is 10.1 Å². The molecule has 0 saturated carbocycles. The van der Waals surface area contributed by atoms with Gasteiger partial charge in [0.05, 0.1) is 0 Å². The van der Waals surface area contributed by atoms with Crippen molar-refractivity contribution in [2.75, 3.05) is 0 Å². The minimum atomic E-state index is -6.29. The Morgan fingerprint density at radius 1 is 1.05 bits per heavy atom. The van der Waals surface area contributed by atoms with Crippen molar-refractivity contribution in [3.05, 3.63) is 30.6 Å². The molecule has 0 aliphatic rings. The fourth-order valence-electron chi connectivity index (χ4n) is 0.957. The number of nitrogens with one attached hydrogen (secondary N) is 1. The molecule has 1 atom stereocenters. The van der Waals surface area contributed by atoms with Crippen molar-refractivity contribution < 1.29 is 44.3 Å². The summed E-state index contributed by atoms with van der Waals surface area (Å²) in [5, 5.41) is -5.34. The first-order valence-electron chi connectivity index (χ1n) is 5.33. The molecule has 0 saturated heterocycles. The summed E-state index contributed by atoms with van der Waals surface area (Å²) >= 11 is 0. The predicted octanol–water partition coefficient (Wildman–Crippen LogP) is 2.31. The number of hydrogen-bond donors (Lipinski definition) is 0. The molecule has 0 spiro atoms. The predicted molar refractivity (Wildman–Crippen MR) is 57.8 cm³/mol. The Morgan fingerprint density at radius 3 is 1.76 bits per heavy atom. The van der Waals surface area contributed by atoms with Gasteiger partial charge in [0, 0.05) is 18.6 Å². The van der Waals surface area contributed by atoms with Crippen LogP contribution < -0.4 is 4.98 Å². The monoisotopic (exact) mass is 339 g/mol. The van der Waals surface area contributed by atoms with Gasteiger partial charge in [-0.1, -0.05) is 6.07 Å². The molecule has 0 aromatic carbocycles. The van der Waals surface area contributed by atoms with Gasteiger partial charge in [0.1, 0.15) is 0 Å². The quantitative estimate of drug-likeness (QED) is 0.624. The fourth-order valence-corrected chi connectivity index (χ4v) is 1.39. The minimum absolute atomic E-state index is 1.78. The first kappa shape index (κ1) is 19.6. The maximum atomic E-state index is 12.4. The number of hydrogen-bond acceptors (Lipinski definition) is 3. The lowest BCUT2D eigenvalue weighted by molar-refractivity contribution is -0.377. The summed E-state index contributed by atoms with van der Waals surface area (Å²) in [6, 6.07) is 5.86. The van der Waals surface area contributed by atoms with Gasteiger partial charge >= 0.3 is 11.4 Å². The lowest BCUT2D eigenvalue weighted by Gasteiger charge is -2.23. The maximum absolute atomic E-state index is 12.4. The van der Waals surface area contributed by atoms with Crippen LogP contribution in [0.1, 0.15) is 12.8 Å². The van der Waals surface area contributed by atoms with E-state index in [0.717, 1.165) is 0 Å². The summed E-state index contributed by atoms with van der Waals surface area (Å²) in [5.41, 5.74) is 0. The first-order valence-corrected chi connectivity index (χ1v) is 6.74. The zero-order valence-electron chi connectivity index (χ0n) is 10.3. The summed E-state index contributed by atoms with van der Waals surface area (Å²) in [5.74, 6) is 0. The highest BCUT2D eigenvalue weighted by atomic mass is 32.2. The van der Waals surface area contributed by atoms with Gasteiger partial charge in [-0.3, -0.25) is 0 Å². The third-order valence-electron chi connectivity index (χ3n) is 1.99. The number of rotatable bonds is 4. The lowest BCUT2D eigenvalue weighted by Crippen LogP contribution is -2.39. The van der Waals surface area contributed by atoms with E-state index in [0.29, 0.717) is 0 Å². The van der Waals surface area contributed by atoms with E-state index >= 15 is 0 Å². The van der Waals surface area contributed by atoms with E-state index in [4.69, 9.17) is 0 Å². The second-order valence-electron chi connectivity index (χ2n) is 3.71. The molecule has 1 unspecified atom stereocenters. The van der Waals surface area contributed by atoms with Gasteiger partial charge in [-0.15, -0.1) is 0 Å². The van der Waals surface area contributed by atoms with E-state index in [2.05, 4.69) is 4.98 Å². The molecule has 0 fully saturated rings. The van der Waals surface area contributed by atoms with E-state index < -0.39 is 40.6 Å². The van der Waals surface area contributed by atoms with Gasteiger partial charge in [0.2, 0.25) is 0 Å². The molecular weight excluding hydrogens is 328 g/mol. The Labute approximate surface area is 116 Å². The Hall–Kier alpha value is -1.36. The minimum Gasteiger partial charge on any atom is -0.743 e. The van der Waals surface area contributed by atoms with Gasteiger partial charge in [-0.2, -0.15) is 22.0 Å². The molecule has 1 heterocycles. The molecule has 1 rings (SSSR count). The molecular formula is C10H11F6NO3S. The number of aromatic nitrogens is 1. The molecule has 122 valence electrons. The van der Waals surface area contributed by atoms with Crippen molar-refractivity contribution in [1.29, 1.82) is 0 Å². The van der Waals surface area contributed by atoms with Crippen molar-refractivity contribution in [1.82, 2.24) is 0 Å². The van der Waals surface area contributed by atoms with Crippen LogP contribution in [-0.4, -0.2) is 30.6 Å². The second kappa shape index (κ2) is 7.59. The Kier molecular flexibility index (Phi) is 7.10. The average Bonchev–Trinajstić information content (AvgIpc) is 2.36. The molecule has 1 aromatic heterocycles. The van der Waals surface area contributed by atoms with E-state index in [-0.39, 0.29) is 0 Å². The summed E-state index contributed by atoms with van der Waals surface area (Å²) in [6.45, 7) is 0. The molecule has 0 amide bonds. The Bertz CT molecular complexity index is 479. The van der Waals surface area contributed by atoms with Crippen molar-refractivity contribution in [2.45, 2.75) is 30.4 Å². The third-order valence-corrected chi connectivity index (χ3v) is 2.91. The molecule has 21 heavy (non-hydrogen) atoms. The third kappa shape index (κ3) is 7.85. The lowest BCUT2D eigenvalue weighted by atomic mass is 10.2. The van der Waals surface area contributed by atoms with Crippen LogP contribution in [0.3, 0.4) is 0 Å². The normalized spacial score (nSPS) is 14.0. The molecule has 0 radical (unpaired) electrons. The van der Waals surface area contributed by atoms with Crippen molar-refractivity contribution in [2.24, 2.45) is 0 Å². The Morgan fingerprint density at radius 2 is 1.52 bits per heavy atom. The smallest absolute Gasteiger partial charge is 0.389 e. The Balaban J connectivity index is 0.000000547. The summed E-state index contributed by atoms with van der Waals surface area (Å²) in [7, 11) is -6.29. The highest BCUT2D eigenvalue weighted by molar-refractivity contribution is 7.86. The fraction of sp³-hybridized carbons (Fsp3) is 0.500. The van der Waals surface area contributed by atoms with Gasteiger partial charge in [-0.05, 0) is 6.42 Å². The van der Waals surface area contributed by atoms with E-state index in [1.165, 1.54) is 0 Å². The molecule has 0 bridgehead atoms. The van der Waals surface area contributed by atoms with Crippen LogP contribution in [0.2, 0.25) is 0 Å². The van der Waals surface area contributed by atoms with Crippen molar-refractivity contribution in [3.63, 3.8) is 0 Å². The van der Waals surface area contributed by atoms with E-state index in [1.807, 2.05) is 30.6 Å². The van der Waals surface area contributed by atoms with Crippen LogP contribution in [0.4, 0.5) is 26.3 Å². The second-order valence-corrected chi connectivity index (χ2v) is 5.17. The van der Waals surface area contributed by atoms with E-state index in [9.17, 15) is 39.3 Å². The maximum Gasteiger partial charge on any atom is 0.389 e. The highest BCUT2D eigenvalue weighted by Gasteiger charge is 2.48. The van der Waals surface area contributed by atoms with Gasteiger partial charge in [0.15, 0.2) is 28.7 Å². The molecule has 0 aliphatic heterocycles. The van der Waals surface area contributed by atoms with Gasteiger partial charge in [0.25, 0.3) is 0 Å². The first-order chi connectivity index (χ1) is 9.38. The largest absolute Gasteiger partial charge is 0.743 e. The SMILES string of the molecule is O=S(=O)([O-])C(F)(F)C(F)CCC(F)(F)F.c1cc[nH+]cc1. The summed E-state index contributed by atoms with van der Waals surface area (Å²) in [4.78, 5) is 2.89. The van der Waals surface area contributed by atoms with Crippen LogP contribution in [0.5, 0.6) is 0 Å². The topological polar surface area (TPSA) is 71.3 Å². The molecule has 1 aromatic rings. The van der Waals surface area contributed by atoms with Crippen LogP contribution in [0.15, 0.2) is 30.6 Å². The summed E-state index contributed by atoms with van der Waals surface area (Å²) in [6.07, 6.45) is -8.52. The molecule has 4 nitrogen and oxygen atoms in total. The van der Waals surface area contributed by atoms with E-state index in [1.54, 1.807) is 0 Å². The van der Waals surface area contributed by atoms with Crippen LogP contribution in [0.25, 0.3) is 0 Å². The summed E-state index contributed by atoms with van der Waals surface area (Å²) < 4.78 is 101. The molecule has 1 N–H and O–H groups in total. The number of pyridine rings is 1. The van der Waals surface area contributed by atoms with Crippen LogP contribution in [0, 0.1) is 0 Å². The van der Waals surface area contributed by atoms with Crippen LogP contribution >= 0.6 is 0 Å². The standard InChI is InChI=1S/C5H6F6O3S.C5H5N/c6-3(1-2-4(7,8)9)5(10,11)15(12,13)14;1-2-4-6-5-3-1/h3H,1-2H2,(H,12,13,14);1-5H. The van der Waals surface area contributed by atoms with Gasteiger partial charge < -0.3 is 4.55 Å². The van der Waals surface area contributed by atoms with Gasteiger partial charge in [-0.25, -0.2) is 17.8 Å². The molecule has 0 aliphatic carbocycles. The zero-order chi connectivity index (χ0) is 16.7. The van der Waals surface area contributed by atoms with Crippen LogP contribution in [-0.2, 0) is 10.1 Å². The zero-order valence-corrected chi connectivity index (χ0v) is 11.1. The molecule has 11 heteroatoms. The number of alkyl halides is 6. The number of H-pyrrole nitrogens is 1. The highest BCUT2D eigenvalue weighted by Crippen LogP contribution is 2.33. The van der Waals surface area contributed by atoms with Crippen molar-refractivity contribution in [3.8, 4) is 0 Å².